The van der Waals surface area contributed by atoms with Crippen LogP contribution in [0, 0.1) is 0 Å². The Hall–Kier alpha value is -3.03. The van der Waals surface area contributed by atoms with Crippen LogP contribution in [0.25, 0.3) is 22.1 Å². The Morgan fingerprint density at radius 2 is 2.16 bits per heavy atom. The highest BCUT2D eigenvalue weighted by atomic mass is 16.4. The van der Waals surface area contributed by atoms with Crippen molar-refractivity contribution in [3.8, 4) is 0 Å². The van der Waals surface area contributed by atoms with Crippen LogP contribution in [-0.4, -0.2) is 56.7 Å². The fourth-order valence-corrected chi connectivity index (χ4v) is 3.50. The van der Waals surface area contributed by atoms with E-state index >= 15 is 0 Å². The van der Waals surface area contributed by atoms with Crippen molar-refractivity contribution in [3.63, 3.8) is 0 Å². The number of nitrogens with one attached hydrogen (secondary N) is 2. The average molecular weight is 341 g/mol. The first-order valence-corrected chi connectivity index (χ1v) is 8.32. The van der Waals surface area contributed by atoms with Gasteiger partial charge in [0.05, 0.1) is 17.1 Å². The highest BCUT2D eigenvalue weighted by Crippen LogP contribution is 2.25. The van der Waals surface area contributed by atoms with Crippen LogP contribution in [0.4, 0.5) is 10.5 Å². The molecular formula is C17H19N5O3. The zero-order valence-electron chi connectivity index (χ0n) is 13.8. The Morgan fingerprint density at radius 3 is 2.92 bits per heavy atom. The molecule has 3 N–H and O–H groups in total. The van der Waals surface area contributed by atoms with Crippen molar-refractivity contribution < 1.29 is 9.90 Å². The van der Waals surface area contributed by atoms with Crippen molar-refractivity contribution in [2.45, 2.75) is 19.4 Å². The number of hydrogen-bond donors (Lipinski definition) is 3. The van der Waals surface area contributed by atoms with Gasteiger partial charge >= 0.3 is 11.8 Å². The number of H-pyrrole nitrogens is 2. The van der Waals surface area contributed by atoms with Crippen molar-refractivity contribution in [2.24, 2.45) is 0 Å². The van der Waals surface area contributed by atoms with Gasteiger partial charge < -0.3 is 19.9 Å². The Bertz CT molecular complexity index is 1010. The van der Waals surface area contributed by atoms with E-state index in [4.69, 9.17) is 0 Å². The topological polar surface area (TPSA) is 105 Å². The predicted octanol–water partition coefficient (Wildman–Crippen LogP) is 1.98. The molecule has 0 spiro atoms. The van der Waals surface area contributed by atoms with Gasteiger partial charge in [0.15, 0.2) is 5.65 Å². The first-order chi connectivity index (χ1) is 12.0. The van der Waals surface area contributed by atoms with Gasteiger partial charge in [-0.25, -0.2) is 14.6 Å². The van der Waals surface area contributed by atoms with E-state index in [2.05, 4.69) is 19.9 Å². The zero-order chi connectivity index (χ0) is 17.6. The molecule has 1 aliphatic heterocycles. The molecular weight excluding hydrogens is 322 g/mol. The molecule has 1 aliphatic rings. The standard InChI is InChI=1S/C17H19N5O3/c1-2-11-9-21(5-6-22(11)17(24)25)12-3-4-13-10(7-12)8-14-15(18-13)20-16(23)19-14/h3-4,7-8,11H,2,5-6,9H2,1H3,(H,24,25)(H2,18,19,20,23). The highest BCUT2D eigenvalue weighted by Gasteiger charge is 2.29. The third-order valence-electron chi connectivity index (χ3n) is 4.84. The summed E-state index contributed by atoms with van der Waals surface area (Å²) in [5.74, 6) is 0. The highest BCUT2D eigenvalue weighted by molar-refractivity contribution is 5.91. The summed E-state index contributed by atoms with van der Waals surface area (Å²) in [5, 5.41) is 10.2. The minimum absolute atomic E-state index is 0.0106. The number of carboxylic acid groups (broad SMARTS) is 1. The van der Waals surface area contributed by atoms with Crippen LogP contribution in [0.5, 0.6) is 0 Å². The zero-order valence-corrected chi connectivity index (χ0v) is 13.8. The molecule has 3 aromatic rings. The van der Waals surface area contributed by atoms with Crippen molar-refractivity contribution in [1.82, 2.24) is 19.9 Å². The summed E-state index contributed by atoms with van der Waals surface area (Å²) in [6.07, 6.45) is -0.0728. The van der Waals surface area contributed by atoms with Gasteiger partial charge in [0.1, 0.15) is 0 Å². The Labute approximate surface area is 143 Å². The number of amides is 1. The maximum Gasteiger partial charge on any atom is 0.407 e. The van der Waals surface area contributed by atoms with Crippen LogP contribution in [-0.2, 0) is 0 Å². The third kappa shape index (κ3) is 2.69. The van der Waals surface area contributed by atoms with E-state index in [9.17, 15) is 14.7 Å². The predicted molar refractivity (Wildman–Crippen MR) is 95.2 cm³/mol. The number of carbonyl (C=O) groups is 1. The molecule has 1 fully saturated rings. The summed E-state index contributed by atoms with van der Waals surface area (Å²) < 4.78 is 0. The van der Waals surface area contributed by atoms with E-state index < -0.39 is 6.09 Å². The molecule has 1 saturated heterocycles. The van der Waals surface area contributed by atoms with Gasteiger partial charge in [-0.05, 0) is 30.7 Å². The number of anilines is 1. The average Bonchev–Trinajstić information content (AvgIpc) is 2.97. The molecule has 0 bridgehead atoms. The minimum Gasteiger partial charge on any atom is -0.465 e. The van der Waals surface area contributed by atoms with Crippen molar-refractivity contribution in [1.29, 1.82) is 0 Å². The Kier molecular flexibility index (Phi) is 3.60. The molecule has 1 atom stereocenters. The van der Waals surface area contributed by atoms with Crippen LogP contribution in [0.3, 0.4) is 0 Å². The summed E-state index contributed by atoms with van der Waals surface area (Å²) in [5.41, 5.74) is 2.80. The number of pyridine rings is 1. The molecule has 4 rings (SSSR count). The van der Waals surface area contributed by atoms with Gasteiger partial charge in [-0.1, -0.05) is 6.92 Å². The quantitative estimate of drug-likeness (QED) is 0.661. The maximum absolute atomic E-state index is 11.4. The number of piperazine rings is 1. The largest absolute Gasteiger partial charge is 0.465 e. The number of imidazole rings is 1. The third-order valence-corrected chi connectivity index (χ3v) is 4.84. The van der Waals surface area contributed by atoms with Gasteiger partial charge in [-0.3, -0.25) is 4.98 Å². The first kappa shape index (κ1) is 15.5. The monoisotopic (exact) mass is 341 g/mol. The lowest BCUT2D eigenvalue weighted by Crippen LogP contribution is -2.54. The summed E-state index contributed by atoms with van der Waals surface area (Å²) in [4.78, 5) is 36.3. The van der Waals surface area contributed by atoms with E-state index in [1.807, 2.05) is 31.2 Å². The second kappa shape index (κ2) is 5.80. The molecule has 25 heavy (non-hydrogen) atoms. The van der Waals surface area contributed by atoms with Gasteiger partial charge in [-0.2, -0.15) is 0 Å². The van der Waals surface area contributed by atoms with E-state index in [1.165, 1.54) is 4.90 Å². The maximum atomic E-state index is 11.4. The van der Waals surface area contributed by atoms with Crippen molar-refractivity contribution in [2.75, 3.05) is 24.5 Å². The molecule has 0 aliphatic carbocycles. The van der Waals surface area contributed by atoms with Crippen LogP contribution < -0.4 is 10.6 Å². The van der Waals surface area contributed by atoms with E-state index in [0.29, 0.717) is 30.8 Å². The van der Waals surface area contributed by atoms with Gasteiger partial charge in [0.2, 0.25) is 0 Å². The lowest BCUT2D eigenvalue weighted by Gasteiger charge is -2.40. The SMILES string of the molecule is CCC1CN(c2ccc3nc4[nH]c(=O)[nH]c4cc3c2)CCN1C(=O)O. The summed E-state index contributed by atoms with van der Waals surface area (Å²) in [6, 6.07) is 7.86. The van der Waals surface area contributed by atoms with Crippen molar-refractivity contribution in [3.05, 3.63) is 34.7 Å². The summed E-state index contributed by atoms with van der Waals surface area (Å²) in [6.45, 7) is 3.83. The Morgan fingerprint density at radius 1 is 1.32 bits per heavy atom. The molecule has 1 unspecified atom stereocenters. The first-order valence-electron chi connectivity index (χ1n) is 8.32. The van der Waals surface area contributed by atoms with Crippen LogP contribution in [0.2, 0.25) is 0 Å². The minimum atomic E-state index is -0.854. The molecule has 8 heteroatoms. The molecule has 0 saturated carbocycles. The van der Waals surface area contributed by atoms with Crippen molar-refractivity contribution >= 4 is 33.8 Å². The molecule has 1 amide bonds. The van der Waals surface area contributed by atoms with Crippen LogP contribution in [0.1, 0.15) is 13.3 Å². The molecule has 8 nitrogen and oxygen atoms in total. The van der Waals surface area contributed by atoms with Crippen LogP contribution in [0.15, 0.2) is 29.1 Å². The summed E-state index contributed by atoms with van der Waals surface area (Å²) >= 11 is 0. The smallest absolute Gasteiger partial charge is 0.407 e. The number of benzene rings is 1. The van der Waals surface area contributed by atoms with Gasteiger partial charge in [-0.15, -0.1) is 0 Å². The number of aromatic amines is 2. The summed E-state index contributed by atoms with van der Waals surface area (Å²) in [7, 11) is 0. The lowest BCUT2D eigenvalue weighted by molar-refractivity contribution is 0.116. The lowest BCUT2D eigenvalue weighted by atomic mass is 10.1. The molecule has 0 radical (unpaired) electrons. The normalized spacial score (nSPS) is 18.2. The van der Waals surface area contributed by atoms with E-state index in [0.717, 1.165) is 23.0 Å². The second-order valence-electron chi connectivity index (χ2n) is 6.32. The number of nitrogens with zero attached hydrogens (tertiary/aromatic N) is 3. The number of aromatic nitrogens is 3. The molecule has 1 aromatic carbocycles. The number of hydrogen-bond acceptors (Lipinski definition) is 4. The molecule has 2 aromatic heterocycles. The number of fused-ring (bicyclic) bond motifs is 2. The van der Waals surface area contributed by atoms with E-state index in [-0.39, 0.29) is 11.7 Å². The Balaban J connectivity index is 1.68. The second-order valence-corrected chi connectivity index (χ2v) is 6.32. The molecule has 130 valence electrons. The van der Waals surface area contributed by atoms with Gasteiger partial charge in [0.25, 0.3) is 0 Å². The fraction of sp³-hybridized carbons (Fsp3) is 0.353. The number of rotatable bonds is 2. The molecule has 3 heterocycles. The fourth-order valence-electron chi connectivity index (χ4n) is 3.50. The van der Waals surface area contributed by atoms with Crippen LogP contribution >= 0.6 is 0 Å². The van der Waals surface area contributed by atoms with Gasteiger partial charge in [0, 0.05) is 30.7 Å². The van der Waals surface area contributed by atoms with E-state index in [1.54, 1.807) is 0 Å².